The van der Waals surface area contributed by atoms with Gasteiger partial charge >= 0.3 is 29.6 Å². The predicted octanol–water partition coefficient (Wildman–Crippen LogP) is -0.0463. The van der Waals surface area contributed by atoms with E-state index in [2.05, 4.69) is 35.9 Å². The molecule has 0 aromatic carbocycles. The summed E-state index contributed by atoms with van der Waals surface area (Å²) >= 11 is 7.74. The van der Waals surface area contributed by atoms with Crippen LogP contribution in [0.4, 0.5) is 0 Å². The molecule has 0 aromatic heterocycles. The van der Waals surface area contributed by atoms with Crippen LogP contribution in [0.1, 0.15) is 13.8 Å². The molecule has 0 heterocycles. The fraction of sp³-hybridized carbons (Fsp3) is 0.500. The number of aliphatic hydroxyl groups is 2. The number of hydrogen-bond donors (Lipinski definition) is 4. The van der Waals surface area contributed by atoms with E-state index in [1.54, 1.807) is 0 Å². The van der Waals surface area contributed by atoms with E-state index in [9.17, 15) is 0 Å². The van der Waals surface area contributed by atoms with E-state index in [0.29, 0.717) is 0 Å². The van der Waals surface area contributed by atoms with Crippen LogP contribution in [0.15, 0.2) is 0 Å². The maximum absolute atomic E-state index is 7.56. The molecule has 0 aromatic rings. The molecule has 0 spiro atoms. The first-order valence-electron chi connectivity index (χ1n) is 2.43. The zero-order valence-corrected chi connectivity index (χ0v) is 7.50. The molecule has 7 heteroatoms. The molecule has 64 valence electrons. The molecule has 0 radical (unpaired) electrons. The Kier molecular flexibility index (Phi) is 45.9. The van der Waals surface area contributed by atoms with Crippen molar-refractivity contribution < 1.29 is 10.2 Å². The normalized spacial score (nSPS) is 4.91. The second-order valence-corrected chi connectivity index (χ2v) is 1.51. The third-order valence-corrected chi connectivity index (χ3v) is 0. The fourth-order valence-corrected chi connectivity index (χ4v) is 0. The first-order chi connectivity index (χ1) is 4.46. The Morgan fingerprint density at radius 2 is 1.00 bits per heavy atom. The first-order valence-corrected chi connectivity index (χ1v) is 3.25. The van der Waals surface area contributed by atoms with Crippen LogP contribution < -0.4 is 11.5 Å². The van der Waals surface area contributed by atoms with E-state index >= 15 is 0 Å². The van der Waals surface area contributed by atoms with Crippen molar-refractivity contribution in [3.05, 3.63) is 0 Å². The van der Waals surface area contributed by atoms with Gasteiger partial charge < -0.3 is 21.7 Å². The third-order valence-electron chi connectivity index (χ3n) is 0. The topological polar surface area (TPSA) is 92.5 Å². The van der Waals surface area contributed by atoms with E-state index < -0.39 is 10.3 Å². The molecule has 0 fully saturated rings. The molecule has 6 N–H and O–H groups in total. The molecule has 0 rings (SSSR count). The third kappa shape index (κ3) is 5050. The summed E-state index contributed by atoms with van der Waals surface area (Å²) in [5, 5.41) is 14.1. The summed E-state index contributed by atoms with van der Waals surface area (Å²) in [6, 6.07) is 0. The number of hydrogen-bond acceptors (Lipinski definition) is 2. The van der Waals surface area contributed by atoms with Crippen LogP contribution in [0.5, 0.6) is 0 Å². The average molecular weight is 208 g/mol. The zero-order valence-electron chi connectivity index (χ0n) is 5.87. The average Bonchev–Trinajstić information content (AvgIpc) is 1.66. The summed E-state index contributed by atoms with van der Waals surface area (Å²) in [5.74, 6) is 0. The minimum absolute atomic E-state index is 0. The number of thiocarbonyl (C=S) groups is 2. The van der Waals surface area contributed by atoms with Gasteiger partial charge in [-0.2, -0.15) is 0 Å². The Balaban J connectivity index is -0.0000000339. The Morgan fingerprint density at radius 3 is 1.00 bits per heavy atom. The van der Waals surface area contributed by atoms with Crippen LogP contribution in [0.2, 0.25) is 0 Å². The first kappa shape index (κ1) is 22.5. The second-order valence-electron chi connectivity index (χ2n) is 0.676. The molecule has 0 unspecified atom stereocenters. The molecule has 4 nitrogen and oxygen atoms in total. The van der Waals surface area contributed by atoms with Crippen molar-refractivity contribution in [1.29, 1.82) is 0 Å². The van der Waals surface area contributed by atoms with E-state index in [0.717, 1.165) is 0 Å². The van der Waals surface area contributed by atoms with E-state index in [1.165, 1.54) is 0 Å². The van der Waals surface area contributed by atoms with Crippen LogP contribution in [0.25, 0.3) is 0 Å². The number of nitrogens with two attached hydrogens (primary N) is 2. The maximum atomic E-state index is 7.56. The number of rotatable bonds is 0. The van der Waals surface area contributed by atoms with Crippen LogP contribution in [0, 0.1) is 0 Å². The molecule has 0 bridgehead atoms. The van der Waals surface area contributed by atoms with E-state index in [1.807, 2.05) is 13.8 Å². The van der Waals surface area contributed by atoms with Gasteiger partial charge in [0.05, 0.1) is 0 Å². The van der Waals surface area contributed by atoms with Crippen molar-refractivity contribution >= 4 is 64.3 Å². The molecule has 0 saturated heterocycles. The van der Waals surface area contributed by atoms with Crippen molar-refractivity contribution in [3.8, 4) is 0 Å². The molecule has 0 aliphatic carbocycles. The van der Waals surface area contributed by atoms with E-state index in [4.69, 9.17) is 10.2 Å². The zero-order chi connectivity index (χ0) is 9.15. The summed E-state index contributed by atoms with van der Waals surface area (Å²) in [6.07, 6.45) is 0. The van der Waals surface area contributed by atoms with Gasteiger partial charge in [0.15, 0.2) is 0 Å². The van der Waals surface area contributed by atoms with Crippen LogP contribution in [0.3, 0.4) is 0 Å². The Hall–Kier alpha value is 0.380. The van der Waals surface area contributed by atoms with Crippen LogP contribution in [-0.4, -0.2) is 50.1 Å². The van der Waals surface area contributed by atoms with Crippen molar-refractivity contribution in [2.45, 2.75) is 13.8 Å². The monoisotopic (exact) mass is 208 g/mol. The molecule has 0 aliphatic rings. The van der Waals surface area contributed by atoms with Gasteiger partial charge in [0.1, 0.15) is 0 Å². The van der Waals surface area contributed by atoms with Gasteiger partial charge in [-0.05, 0) is 24.4 Å². The fourth-order valence-electron chi connectivity index (χ4n) is 0. The molecule has 11 heavy (non-hydrogen) atoms. The Labute approximate surface area is 99.2 Å². The van der Waals surface area contributed by atoms with Gasteiger partial charge in [-0.3, -0.25) is 0 Å². The SMILES string of the molecule is CC.NC(O)=S.NC(O)=S.[NaH]. The standard InChI is InChI=1S/C2H6.2CH3NOS.Na.H/c1-2;2*2-1(3)4;;/h1-2H3;2*(H3,2,3,4);;. The Morgan fingerprint density at radius 1 is 1.00 bits per heavy atom. The summed E-state index contributed by atoms with van der Waals surface area (Å²) in [7, 11) is 0. The molecule has 0 amide bonds. The van der Waals surface area contributed by atoms with Gasteiger partial charge in [-0.1, -0.05) is 13.8 Å². The van der Waals surface area contributed by atoms with Crippen LogP contribution in [-0.2, 0) is 0 Å². The van der Waals surface area contributed by atoms with Crippen molar-refractivity contribution in [3.63, 3.8) is 0 Å². The van der Waals surface area contributed by atoms with Gasteiger partial charge in [-0.15, -0.1) is 0 Å². The summed E-state index contributed by atoms with van der Waals surface area (Å²) in [5.41, 5.74) is 8.80. The van der Waals surface area contributed by atoms with Crippen LogP contribution >= 0.6 is 24.4 Å². The summed E-state index contributed by atoms with van der Waals surface area (Å²) in [6.45, 7) is 4.00. The van der Waals surface area contributed by atoms with E-state index in [-0.39, 0.29) is 29.6 Å². The summed E-state index contributed by atoms with van der Waals surface area (Å²) < 4.78 is 0. The van der Waals surface area contributed by atoms with Gasteiger partial charge in [0.2, 0.25) is 0 Å². The van der Waals surface area contributed by atoms with Crippen molar-refractivity contribution in [2.75, 3.05) is 0 Å². The molecule has 0 saturated carbocycles. The predicted molar refractivity (Wildman–Crippen MR) is 57.3 cm³/mol. The second kappa shape index (κ2) is 22.4. The molecule has 0 aliphatic heterocycles. The molecular weight excluding hydrogens is 195 g/mol. The Bertz CT molecular complexity index is 82.1. The minimum atomic E-state index is -0.500. The van der Waals surface area contributed by atoms with Gasteiger partial charge in [-0.25, -0.2) is 0 Å². The quantitative estimate of drug-likeness (QED) is 0.329. The van der Waals surface area contributed by atoms with Crippen molar-refractivity contribution in [1.82, 2.24) is 0 Å². The van der Waals surface area contributed by atoms with Crippen molar-refractivity contribution in [2.24, 2.45) is 11.5 Å². The molecular formula is C4H13N2NaO2S2. The summed E-state index contributed by atoms with van der Waals surface area (Å²) in [4.78, 5) is 0. The number of aliphatic hydroxyl groups excluding tert-OH is 2. The van der Waals surface area contributed by atoms with Gasteiger partial charge in [0.25, 0.3) is 10.3 Å². The van der Waals surface area contributed by atoms with Gasteiger partial charge in [0, 0.05) is 0 Å². The molecule has 0 atom stereocenters.